The fourth-order valence-corrected chi connectivity index (χ4v) is 2.33. The summed E-state index contributed by atoms with van der Waals surface area (Å²) in [5.41, 5.74) is 4.05. The second-order valence-corrected chi connectivity index (χ2v) is 4.39. The van der Waals surface area contributed by atoms with Crippen LogP contribution in [0, 0.1) is 0 Å². The lowest BCUT2D eigenvalue weighted by molar-refractivity contribution is 0.948. The van der Waals surface area contributed by atoms with E-state index in [1.807, 2.05) is 35.9 Å². The number of fused-ring (bicyclic) bond motifs is 1. The Morgan fingerprint density at radius 1 is 1.06 bits per heavy atom. The zero-order valence-electron chi connectivity index (χ0n) is 9.39. The molecule has 0 saturated carbocycles. The van der Waals surface area contributed by atoms with Crippen LogP contribution in [0.15, 0.2) is 48.8 Å². The molecule has 1 aromatic heterocycles. The molecule has 3 heteroatoms. The third-order valence-corrected chi connectivity index (χ3v) is 3.30. The average Bonchev–Trinajstić information content (AvgIpc) is 2.74. The molecule has 0 aliphatic heterocycles. The van der Waals surface area contributed by atoms with Gasteiger partial charge in [0.25, 0.3) is 0 Å². The Labute approximate surface area is 104 Å². The minimum atomic E-state index is 0.717. The van der Waals surface area contributed by atoms with E-state index in [0.29, 0.717) is 5.02 Å². The summed E-state index contributed by atoms with van der Waals surface area (Å²) < 4.78 is 1.97. The van der Waals surface area contributed by atoms with Gasteiger partial charge < -0.3 is 4.57 Å². The molecule has 0 amide bonds. The van der Waals surface area contributed by atoms with Gasteiger partial charge in [0.15, 0.2) is 0 Å². The molecule has 0 fully saturated rings. The number of aromatic nitrogens is 2. The third kappa shape index (κ3) is 1.61. The molecule has 0 spiro atoms. The van der Waals surface area contributed by atoms with E-state index in [-0.39, 0.29) is 0 Å². The summed E-state index contributed by atoms with van der Waals surface area (Å²) in [7, 11) is 1.97. The topological polar surface area (TPSA) is 17.8 Å². The number of aryl methyl sites for hydroxylation is 1. The monoisotopic (exact) mass is 242 g/mol. The van der Waals surface area contributed by atoms with Crippen molar-refractivity contribution < 1.29 is 0 Å². The molecule has 2 aromatic carbocycles. The molecular formula is C14H11ClN2. The number of imidazole rings is 1. The van der Waals surface area contributed by atoms with Crippen LogP contribution in [0.1, 0.15) is 0 Å². The molecule has 17 heavy (non-hydrogen) atoms. The van der Waals surface area contributed by atoms with Crippen LogP contribution in [0.2, 0.25) is 5.02 Å². The van der Waals surface area contributed by atoms with E-state index in [2.05, 4.69) is 23.2 Å². The van der Waals surface area contributed by atoms with E-state index in [0.717, 1.165) is 22.2 Å². The van der Waals surface area contributed by atoms with E-state index < -0.39 is 0 Å². The van der Waals surface area contributed by atoms with Crippen LogP contribution in [0.3, 0.4) is 0 Å². The first-order chi connectivity index (χ1) is 8.27. The number of rotatable bonds is 1. The molecule has 0 atom stereocenters. The molecule has 0 unspecified atom stereocenters. The molecule has 0 saturated heterocycles. The number of nitrogens with zero attached hydrogens (tertiary/aromatic N) is 2. The van der Waals surface area contributed by atoms with Gasteiger partial charge >= 0.3 is 0 Å². The fourth-order valence-electron chi connectivity index (χ4n) is 2.01. The summed E-state index contributed by atoms with van der Waals surface area (Å²) in [5.74, 6) is 0. The van der Waals surface area contributed by atoms with E-state index in [1.165, 1.54) is 0 Å². The van der Waals surface area contributed by atoms with Crippen LogP contribution < -0.4 is 0 Å². The number of hydrogen-bond donors (Lipinski definition) is 0. The Morgan fingerprint density at radius 2 is 1.82 bits per heavy atom. The minimum absolute atomic E-state index is 0.717. The van der Waals surface area contributed by atoms with Gasteiger partial charge in [0.2, 0.25) is 0 Å². The maximum atomic E-state index is 6.41. The molecule has 3 aromatic rings. The first-order valence-electron chi connectivity index (χ1n) is 5.42. The normalized spacial score (nSPS) is 10.9. The summed E-state index contributed by atoms with van der Waals surface area (Å²) in [6, 6.07) is 14.2. The summed E-state index contributed by atoms with van der Waals surface area (Å²) in [4.78, 5) is 4.33. The van der Waals surface area contributed by atoms with Crippen LogP contribution in [0.25, 0.3) is 22.2 Å². The zero-order chi connectivity index (χ0) is 11.8. The Balaban J connectivity index is 2.29. The van der Waals surface area contributed by atoms with Crippen molar-refractivity contribution in [1.82, 2.24) is 9.55 Å². The molecule has 0 radical (unpaired) electrons. The van der Waals surface area contributed by atoms with Gasteiger partial charge in [0.1, 0.15) is 5.52 Å². The van der Waals surface area contributed by atoms with Gasteiger partial charge in [0.05, 0.1) is 16.9 Å². The third-order valence-electron chi connectivity index (χ3n) is 2.92. The molecule has 84 valence electrons. The van der Waals surface area contributed by atoms with Crippen molar-refractivity contribution in [3.63, 3.8) is 0 Å². The standard InChI is InChI=1S/C14H11ClN2/c1-17-9-16-14-12(17)8-7-11(13(14)15)10-5-3-2-4-6-10/h2-9H,1H3. The Kier molecular flexibility index (Phi) is 2.37. The number of halogens is 1. The highest BCUT2D eigenvalue weighted by molar-refractivity contribution is 6.37. The maximum absolute atomic E-state index is 6.41. The van der Waals surface area contributed by atoms with Crippen LogP contribution in [0.5, 0.6) is 0 Å². The average molecular weight is 243 g/mol. The van der Waals surface area contributed by atoms with Gasteiger partial charge in [-0.05, 0) is 11.6 Å². The smallest absolute Gasteiger partial charge is 0.108 e. The van der Waals surface area contributed by atoms with Gasteiger partial charge in [0, 0.05) is 12.6 Å². The molecule has 1 heterocycles. The Morgan fingerprint density at radius 3 is 2.59 bits per heavy atom. The number of benzene rings is 2. The van der Waals surface area contributed by atoms with Gasteiger partial charge in [-0.15, -0.1) is 0 Å². The van der Waals surface area contributed by atoms with Crippen LogP contribution >= 0.6 is 11.6 Å². The van der Waals surface area contributed by atoms with Gasteiger partial charge in [-0.2, -0.15) is 0 Å². The van der Waals surface area contributed by atoms with Gasteiger partial charge in [-0.1, -0.05) is 48.0 Å². The Bertz CT molecular complexity index is 671. The highest BCUT2D eigenvalue weighted by Gasteiger charge is 2.10. The Hall–Kier alpha value is -1.80. The summed E-state index contributed by atoms with van der Waals surface area (Å²) >= 11 is 6.41. The van der Waals surface area contributed by atoms with Crippen LogP contribution in [0.4, 0.5) is 0 Å². The van der Waals surface area contributed by atoms with Crippen molar-refractivity contribution in [3.05, 3.63) is 53.8 Å². The molecule has 3 rings (SSSR count). The highest BCUT2D eigenvalue weighted by Crippen LogP contribution is 2.33. The number of hydrogen-bond acceptors (Lipinski definition) is 1. The van der Waals surface area contributed by atoms with Crippen molar-refractivity contribution in [1.29, 1.82) is 0 Å². The fraction of sp³-hybridized carbons (Fsp3) is 0.0714. The summed E-state index contributed by atoms with van der Waals surface area (Å²) in [6.45, 7) is 0. The predicted octanol–water partition coefficient (Wildman–Crippen LogP) is 3.89. The lowest BCUT2D eigenvalue weighted by Gasteiger charge is -2.05. The van der Waals surface area contributed by atoms with Crippen molar-refractivity contribution in [2.75, 3.05) is 0 Å². The first kappa shape index (κ1) is 10.4. The summed E-state index contributed by atoms with van der Waals surface area (Å²) in [5, 5.41) is 0.717. The quantitative estimate of drug-likeness (QED) is 0.633. The SMILES string of the molecule is Cn1cnc2c(Cl)c(-c3ccccc3)ccc21. The van der Waals surface area contributed by atoms with Gasteiger partial charge in [-0.3, -0.25) is 0 Å². The highest BCUT2D eigenvalue weighted by atomic mass is 35.5. The van der Waals surface area contributed by atoms with E-state index in [9.17, 15) is 0 Å². The van der Waals surface area contributed by atoms with E-state index in [1.54, 1.807) is 6.33 Å². The largest absolute Gasteiger partial charge is 0.334 e. The molecule has 0 aliphatic carbocycles. The molecule has 0 N–H and O–H groups in total. The first-order valence-corrected chi connectivity index (χ1v) is 5.80. The van der Waals surface area contributed by atoms with Crippen LogP contribution in [-0.4, -0.2) is 9.55 Å². The molecule has 0 bridgehead atoms. The minimum Gasteiger partial charge on any atom is -0.334 e. The van der Waals surface area contributed by atoms with Crippen molar-refractivity contribution >= 4 is 22.6 Å². The lowest BCUT2D eigenvalue weighted by Crippen LogP contribution is -1.85. The van der Waals surface area contributed by atoms with Crippen molar-refractivity contribution in [2.24, 2.45) is 7.05 Å². The molecular weight excluding hydrogens is 232 g/mol. The van der Waals surface area contributed by atoms with Crippen molar-refractivity contribution in [2.45, 2.75) is 0 Å². The van der Waals surface area contributed by atoms with Crippen molar-refractivity contribution in [3.8, 4) is 11.1 Å². The second kappa shape index (κ2) is 3.90. The zero-order valence-corrected chi connectivity index (χ0v) is 10.1. The second-order valence-electron chi connectivity index (χ2n) is 4.02. The predicted molar refractivity (Wildman–Crippen MR) is 71.2 cm³/mol. The molecule has 0 aliphatic rings. The van der Waals surface area contributed by atoms with E-state index in [4.69, 9.17) is 11.6 Å². The lowest BCUT2D eigenvalue weighted by atomic mass is 10.1. The van der Waals surface area contributed by atoms with E-state index >= 15 is 0 Å². The van der Waals surface area contributed by atoms with Crippen LogP contribution in [-0.2, 0) is 7.05 Å². The van der Waals surface area contributed by atoms with Gasteiger partial charge in [-0.25, -0.2) is 4.98 Å². The summed E-state index contributed by atoms with van der Waals surface area (Å²) in [6.07, 6.45) is 1.78. The maximum Gasteiger partial charge on any atom is 0.108 e. The molecule has 2 nitrogen and oxygen atoms in total.